The van der Waals surface area contributed by atoms with Gasteiger partial charge in [0, 0.05) is 0 Å². The molecule has 1 saturated carbocycles. The zero-order valence-electron chi connectivity index (χ0n) is 8.16. The van der Waals surface area contributed by atoms with Crippen molar-refractivity contribution in [2.45, 2.75) is 19.8 Å². The van der Waals surface area contributed by atoms with E-state index in [1.54, 1.807) is 0 Å². The molecule has 0 heterocycles. The summed E-state index contributed by atoms with van der Waals surface area (Å²) in [6.45, 7) is 3.14. The van der Waals surface area contributed by atoms with Crippen LogP contribution in [0.25, 0.3) is 0 Å². The van der Waals surface area contributed by atoms with Crippen molar-refractivity contribution in [2.24, 2.45) is 17.1 Å². The Hall–Kier alpha value is -0.820. The fraction of sp³-hybridized carbons (Fsp3) is 0.500. The molecule has 1 aromatic carbocycles. The molecule has 2 unspecified atom stereocenters. The van der Waals surface area contributed by atoms with Gasteiger partial charge in [0.05, 0.1) is 0 Å². The number of hydrogen-bond acceptors (Lipinski definition) is 1. The Balaban J connectivity index is 2.07. The normalized spacial score (nSPS) is 31.7. The van der Waals surface area contributed by atoms with Crippen LogP contribution in [0.1, 0.15) is 18.9 Å². The van der Waals surface area contributed by atoms with Crippen molar-refractivity contribution >= 4 is 0 Å². The van der Waals surface area contributed by atoms with Gasteiger partial charge in [-0.2, -0.15) is 0 Å². The summed E-state index contributed by atoms with van der Waals surface area (Å²) in [4.78, 5) is 0. The van der Waals surface area contributed by atoms with Crippen molar-refractivity contribution in [1.29, 1.82) is 0 Å². The minimum absolute atomic E-state index is 0.432. The first kappa shape index (κ1) is 8.76. The molecule has 0 bridgehead atoms. The number of hydrogen-bond donors (Lipinski definition) is 1. The summed E-state index contributed by atoms with van der Waals surface area (Å²) in [5.41, 5.74) is 7.67. The molecule has 2 N–H and O–H groups in total. The minimum atomic E-state index is 0.432. The molecule has 1 aliphatic carbocycles. The number of benzene rings is 1. The van der Waals surface area contributed by atoms with Crippen molar-refractivity contribution in [3.05, 3.63) is 35.9 Å². The van der Waals surface area contributed by atoms with Crippen LogP contribution in [-0.2, 0) is 6.42 Å². The number of rotatable bonds is 3. The predicted octanol–water partition coefficient (Wildman–Crippen LogP) is 2.21. The second-order valence-corrected chi connectivity index (χ2v) is 4.33. The van der Waals surface area contributed by atoms with Gasteiger partial charge in [-0.25, -0.2) is 0 Å². The van der Waals surface area contributed by atoms with Gasteiger partial charge in [-0.3, -0.25) is 0 Å². The van der Waals surface area contributed by atoms with E-state index in [4.69, 9.17) is 5.73 Å². The molecule has 0 aliphatic heterocycles. The summed E-state index contributed by atoms with van der Waals surface area (Å²) in [6, 6.07) is 10.7. The van der Waals surface area contributed by atoms with Crippen molar-refractivity contribution < 1.29 is 0 Å². The highest BCUT2D eigenvalue weighted by molar-refractivity contribution is 5.19. The third-order valence-electron chi connectivity index (χ3n) is 3.40. The average molecular weight is 175 g/mol. The number of nitrogens with two attached hydrogens (primary N) is 1. The third-order valence-corrected chi connectivity index (χ3v) is 3.40. The molecular weight excluding hydrogens is 158 g/mol. The predicted molar refractivity (Wildman–Crippen MR) is 55.4 cm³/mol. The SMILES string of the molecule is CC1CC1(CN)Cc1ccccc1. The molecule has 0 spiro atoms. The second-order valence-electron chi connectivity index (χ2n) is 4.33. The van der Waals surface area contributed by atoms with Crippen LogP contribution in [0.3, 0.4) is 0 Å². The van der Waals surface area contributed by atoms with Crippen molar-refractivity contribution in [3.8, 4) is 0 Å². The lowest BCUT2D eigenvalue weighted by atomic mass is 9.94. The Bertz CT molecular complexity index is 276. The second kappa shape index (κ2) is 3.15. The van der Waals surface area contributed by atoms with Crippen molar-refractivity contribution in [1.82, 2.24) is 0 Å². The van der Waals surface area contributed by atoms with Crippen LogP contribution in [0.5, 0.6) is 0 Å². The highest BCUT2D eigenvalue weighted by Gasteiger charge is 2.49. The van der Waals surface area contributed by atoms with E-state index in [0.717, 1.165) is 18.9 Å². The summed E-state index contributed by atoms with van der Waals surface area (Å²) < 4.78 is 0. The Kier molecular flexibility index (Phi) is 2.12. The van der Waals surface area contributed by atoms with E-state index in [-0.39, 0.29) is 0 Å². The van der Waals surface area contributed by atoms with Gasteiger partial charge in [0.15, 0.2) is 0 Å². The quantitative estimate of drug-likeness (QED) is 0.749. The van der Waals surface area contributed by atoms with Crippen LogP contribution in [0, 0.1) is 11.3 Å². The summed E-state index contributed by atoms with van der Waals surface area (Å²) in [6.07, 6.45) is 2.46. The molecule has 0 radical (unpaired) electrons. The van der Waals surface area contributed by atoms with Gasteiger partial charge >= 0.3 is 0 Å². The molecule has 70 valence electrons. The van der Waals surface area contributed by atoms with Gasteiger partial charge in [0.2, 0.25) is 0 Å². The molecule has 2 rings (SSSR count). The van der Waals surface area contributed by atoms with E-state index >= 15 is 0 Å². The topological polar surface area (TPSA) is 26.0 Å². The highest BCUT2D eigenvalue weighted by atomic mass is 14.7. The molecule has 13 heavy (non-hydrogen) atoms. The summed E-state index contributed by atoms with van der Waals surface area (Å²) in [5.74, 6) is 0.817. The van der Waals surface area contributed by atoms with E-state index in [1.165, 1.54) is 12.0 Å². The molecule has 2 atom stereocenters. The first-order valence-electron chi connectivity index (χ1n) is 5.01. The third kappa shape index (κ3) is 1.61. The molecule has 0 aromatic heterocycles. The molecule has 0 amide bonds. The molecule has 1 nitrogen and oxygen atoms in total. The zero-order valence-corrected chi connectivity index (χ0v) is 8.16. The van der Waals surface area contributed by atoms with E-state index < -0.39 is 0 Å². The fourth-order valence-electron chi connectivity index (χ4n) is 2.16. The average Bonchev–Trinajstić information content (AvgIpc) is 2.79. The lowest BCUT2D eigenvalue weighted by Gasteiger charge is -2.13. The van der Waals surface area contributed by atoms with Crippen LogP contribution in [0.4, 0.5) is 0 Å². The van der Waals surface area contributed by atoms with Crippen LogP contribution in [0.2, 0.25) is 0 Å². The van der Waals surface area contributed by atoms with Crippen LogP contribution in [0.15, 0.2) is 30.3 Å². The van der Waals surface area contributed by atoms with Gasteiger partial charge in [-0.15, -0.1) is 0 Å². The maximum absolute atomic E-state index is 5.81. The van der Waals surface area contributed by atoms with Gasteiger partial charge < -0.3 is 5.73 Å². The first-order chi connectivity index (χ1) is 6.27. The van der Waals surface area contributed by atoms with E-state index in [9.17, 15) is 0 Å². The Morgan fingerprint density at radius 2 is 2.00 bits per heavy atom. The molecule has 1 heteroatoms. The Morgan fingerprint density at radius 1 is 1.38 bits per heavy atom. The summed E-state index contributed by atoms with van der Waals surface area (Å²) in [7, 11) is 0. The largest absolute Gasteiger partial charge is 0.330 e. The van der Waals surface area contributed by atoms with E-state index in [2.05, 4.69) is 37.3 Å². The summed E-state index contributed by atoms with van der Waals surface area (Å²) in [5, 5.41) is 0. The first-order valence-corrected chi connectivity index (χ1v) is 5.01. The molecule has 1 aliphatic rings. The van der Waals surface area contributed by atoms with Gasteiger partial charge in [0.1, 0.15) is 0 Å². The van der Waals surface area contributed by atoms with E-state index in [0.29, 0.717) is 5.41 Å². The minimum Gasteiger partial charge on any atom is -0.330 e. The Labute approximate surface area is 80.0 Å². The lowest BCUT2D eigenvalue weighted by molar-refractivity contribution is 0.476. The summed E-state index contributed by atoms with van der Waals surface area (Å²) >= 11 is 0. The fourth-order valence-corrected chi connectivity index (χ4v) is 2.16. The van der Waals surface area contributed by atoms with Crippen molar-refractivity contribution in [2.75, 3.05) is 6.54 Å². The maximum atomic E-state index is 5.81. The molecule has 1 aromatic rings. The van der Waals surface area contributed by atoms with Crippen LogP contribution >= 0.6 is 0 Å². The van der Waals surface area contributed by atoms with Gasteiger partial charge in [-0.1, -0.05) is 37.3 Å². The Morgan fingerprint density at radius 3 is 2.46 bits per heavy atom. The smallest absolute Gasteiger partial charge is 0.00147 e. The van der Waals surface area contributed by atoms with Crippen LogP contribution in [-0.4, -0.2) is 6.54 Å². The lowest BCUT2D eigenvalue weighted by Crippen LogP contribution is -2.19. The van der Waals surface area contributed by atoms with E-state index in [1.807, 2.05) is 0 Å². The molecule has 1 fully saturated rings. The standard InChI is InChI=1S/C12H17N/c1-10-7-12(10,9-13)8-11-5-3-2-4-6-11/h2-6,10H,7-9,13H2,1H3. The van der Waals surface area contributed by atoms with Crippen molar-refractivity contribution in [3.63, 3.8) is 0 Å². The van der Waals surface area contributed by atoms with Gasteiger partial charge in [-0.05, 0) is 36.3 Å². The van der Waals surface area contributed by atoms with Gasteiger partial charge in [0.25, 0.3) is 0 Å². The maximum Gasteiger partial charge on any atom is -0.00147 e. The van der Waals surface area contributed by atoms with Crippen LogP contribution < -0.4 is 5.73 Å². The highest BCUT2D eigenvalue weighted by Crippen LogP contribution is 2.53. The molecule has 0 saturated heterocycles. The monoisotopic (exact) mass is 175 g/mol. The zero-order chi connectivity index (χ0) is 9.31. The molecular formula is C12H17N.